The Morgan fingerprint density at radius 2 is 0.562 bits per heavy atom. The molecule has 0 saturated heterocycles. The van der Waals surface area contributed by atoms with Crippen molar-refractivity contribution in [3.8, 4) is 22.6 Å². The Kier molecular flexibility index (Phi) is 18.5. The fraction of sp³-hybridized carbons (Fsp3) is 0.200. The number of aromatic hydroxyl groups is 2. The molecule has 0 spiro atoms. The van der Waals surface area contributed by atoms with Gasteiger partial charge < -0.3 is 10.2 Å². The summed E-state index contributed by atoms with van der Waals surface area (Å²) in [6.07, 6.45) is 2.50. The Hall–Kier alpha value is -3.52. The van der Waals surface area contributed by atoms with E-state index in [0.717, 1.165) is 0 Å². The van der Waals surface area contributed by atoms with E-state index >= 15 is 0 Å². The minimum Gasteiger partial charge on any atom is -0.508 e. The van der Waals surface area contributed by atoms with Gasteiger partial charge in [-0.05, 0) is 35.4 Å². The smallest absolute Gasteiger partial charge is 0.115 e. The third-order valence-electron chi connectivity index (χ3n) is 3.39. The van der Waals surface area contributed by atoms with E-state index < -0.39 is 0 Å². The van der Waals surface area contributed by atoms with Crippen LogP contribution in [-0.4, -0.2) is 10.2 Å². The first kappa shape index (κ1) is 28.5. The predicted octanol–water partition coefficient (Wildman–Crippen LogP) is 8.97. The van der Waals surface area contributed by atoms with Crippen molar-refractivity contribution in [3.05, 3.63) is 121 Å². The molecule has 2 N–H and O–H groups in total. The van der Waals surface area contributed by atoms with E-state index in [1.165, 1.54) is 24.0 Å². The molecule has 0 aliphatic rings. The van der Waals surface area contributed by atoms with E-state index in [0.29, 0.717) is 11.5 Å². The van der Waals surface area contributed by atoms with Crippen molar-refractivity contribution in [3.63, 3.8) is 0 Å². The Morgan fingerprint density at radius 3 is 0.719 bits per heavy atom. The minimum atomic E-state index is 0.322. The van der Waals surface area contributed by atoms with Crippen molar-refractivity contribution in [2.45, 2.75) is 40.5 Å². The number of hydrogen-bond donors (Lipinski definition) is 2. The summed E-state index contributed by atoms with van der Waals surface area (Å²) in [5, 5.41) is 17.3. The predicted molar refractivity (Wildman–Crippen MR) is 140 cm³/mol. The Labute approximate surface area is 194 Å². The van der Waals surface area contributed by atoms with Gasteiger partial charge in [0.2, 0.25) is 0 Å². The van der Waals surface area contributed by atoms with Gasteiger partial charge in [-0.1, -0.05) is 138 Å². The molecule has 0 radical (unpaired) electrons. The number of rotatable bonds is 1. The summed E-state index contributed by atoms with van der Waals surface area (Å²) in [6.45, 7) is 8.50. The zero-order chi connectivity index (χ0) is 23.9. The van der Waals surface area contributed by atoms with E-state index in [2.05, 4.69) is 76.2 Å². The van der Waals surface area contributed by atoms with Crippen LogP contribution in [0.15, 0.2) is 121 Å². The van der Waals surface area contributed by atoms with Gasteiger partial charge >= 0.3 is 0 Å². The van der Waals surface area contributed by atoms with Gasteiger partial charge in [-0.25, -0.2) is 0 Å². The molecule has 32 heavy (non-hydrogen) atoms. The SMILES string of the molecule is CCC.CCC.Oc1ccccc1.Oc1ccccc1.c1ccc(-c2ccccc2)cc1. The maximum atomic E-state index is 8.63. The Balaban J connectivity index is 0.000000418. The summed E-state index contributed by atoms with van der Waals surface area (Å²) >= 11 is 0. The summed E-state index contributed by atoms with van der Waals surface area (Å²) in [6, 6.07) is 38.2. The second kappa shape index (κ2) is 20.7. The molecule has 170 valence electrons. The van der Waals surface area contributed by atoms with Crippen molar-refractivity contribution in [1.29, 1.82) is 0 Å². The quantitative estimate of drug-likeness (QED) is 0.316. The monoisotopic (exact) mass is 430 g/mol. The van der Waals surface area contributed by atoms with Gasteiger partial charge in [0.15, 0.2) is 0 Å². The normalized spacial score (nSPS) is 8.50. The van der Waals surface area contributed by atoms with Gasteiger partial charge in [-0.15, -0.1) is 0 Å². The lowest BCUT2D eigenvalue weighted by atomic mass is 10.1. The maximum Gasteiger partial charge on any atom is 0.115 e. The molecule has 4 aromatic carbocycles. The number of para-hydroxylation sites is 2. The molecular formula is C30H38O2. The first-order valence-electron chi connectivity index (χ1n) is 11.2. The van der Waals surface area contributed by atoms with Crippen molar-refractivity contribution in [2.24, 2.45) is 0 Å². The summed E-state index contributed by atoms with van der Waals surface area (Å²) < 4.78 is 0. The lowest BCUT2D eigenvalue weighted by Gasteiger charge is -1.98. The van der Waals surface area contributed by atoms with Gasteiger partial charge in [0.25, 0.3) is 0 Å². The second-order valence-electron chi connectivity index (χ2n) is 6.82. The molecule has 0 aliphatic heterocycles. The van der Waals surface area contributed by atoms with E-state index in [4.69, 9.17) is 10.2 Å². The Bertz CT molecular complexity index is 784. The molecular weight excluding hydrogens is 392 g/mol. The molecule has 4 aromatic rings. The number of phenols is 2. The highest BCUT2D eigenvalue weighted by Crippen LogP contribution is 2.17. The fourth-order valence-corrected chi connectivity index (χ4v) is 2.12. The average Bonchev–Trinajstić information content (AvgIpc) is 2.83. The van der Waals surface area contributed by atoms with Crippen LogP contribution in [0.1, 0.15) is 40.5 Å². The van der Waals surface area contributed by atoms with Crippen molar-refractivity contribution in [1.82, 2.24) is 0 Å². The summed E-state index contributed by atoms with van der Waals surface area (Å²) in [5.41, 5.74) is 2.55. The molecule has 0 amide bonds. The third-order valence-corrected chi connectivity index (χ3v) is 3.39. The van der Waals surface area contributed by atoms with Crippen molar-refractivity contribution in [2.75, 3.05) is 0 Å². The Morgan fingerprint density at radius 1 is 0.375 bits per heavy atom. The molecule has 0 unspecified atom stereocenters. The second-order valence-corrected chi connectivity index (χ2v) is 6.82. The van der Waals surface area contributed by atoms with E-state index in [1.54, 1.807) is 48.5 Å². The van der Waals surface area contributed by atoms with E-state index in [9.17, 15) is 0 Å². The zero-order valence-electron chi connectivity index (χ0n) is 19.9. The van der Waals surface area contributed by atoms with E-state index in [1.807, 2.05) is 24.3 Å². The summed E-state index contributed by atoms with van der Waals surface area (Å²) in [5.74, 6) is 0.644. The van der Waals surface area contributed by atoms with Crippen LogP contribution < -0.4 is 0 Å². The molecule has 0 aromatic heterocycles. The van der Waals surface area contributed by atoms with Crippen LogP contribution in [0.2, 0.25) is 0 Å². The molecule has 4 rings (SSSR count). The first-order valence-corrected chi connectivity index (χ1v) is 11.2. The van der Waals surface area contributed by atoms with Crippen LogP contribution in [0.4, 0.5) is 0 Å². The molecule has 0 saturated carbocycles. The van der Waals surface area contributed by atoms with Gasteiger partial charge in [0, 0.05) is 0 Å². The molecule has 0 heterocycles. The van der Waals surface area contributed by atoms with Crippen LogP contribution in [0.25, 0.3) is 11.1 Å². The molecule has 2 nitrogen and oxygen atoms in total. The van der Waals surface area contributed by atoms with Crippen LogP contribution >= 0.6 is 0 Å². The molecule has 0 fully saturated rings. The van der Waals surface area contributed by atoms with Crippen molar-refractivity contribution >= 4 is 0 Å². The highest BCUT2D eigenvalue weighted by Gasteiger charge is 1.91. The van der Waals surface area contributed by atoms with Crippen LogP contribution in [0, 0.1) is 0 Å². The highest BCUT2D eigenvalue weighted by atomic mass is 16.3. The molecule has 2 heteroatoms. The topological polar surface area (TPSA) is 40.5 Å². The molecule has 0 bridgehead atoms. The molecule has 0 atom stereocenters. The summed E-state index contributed by atoms with van der Waals surface area (Å²) in [4.78, 5) is 0. The number of benzene rings is 4. The number of hydrogen-bond acceptors (Lipinski definition) is 2. The van der Waals surface area contributed by atoms with Gasteiger partial charge in [0.1, 0.15) is 11.5 Å². The van der Waals surface area contributed by atoms with Crippen LogP contribution in [0.3, 0.4) is 0 Å². The van der Waals surface area contributed by atoms with Crippen LogP contribution in [-0.2, 0) is 0 Å². The molecule has 0 aliphatic carbocycles. The standard InChI is InChI=1S/C12H10.2C6H6O.2C3H8/c1-3-7-11(8-4-1)12-9-5-2-6-10-12;2*7-6-4-2-1-3-5-6;2*1-3-2/h1-10H;2*1-5,7H;2*3H2,1-2H3. The lowest BCUT2D eigenvalue weighted by Crippen LogP contribution is -1.73. The maximum absolute atomic E-state index is 8.63. The van der Waals surface area contributed by atoms with Gasteiger partial charge in [0.05, 0.1) is 0 Å². The third kappa shape index (κ3) is 16.3. The fourth-order valence-electron chi connectivity index (χ4n) is 2.12. The number of phenolic OH excluding ortho intramolecular Hbond substituents is 2. The van der Waals surface area contributed by atoms with Crippen molar-refractivity contribution < 1.29 is 10.2 Å². The van der Waals surface area contributed by atoms with Gasteiger partial charge in [-0.3, -0.25) is 0 Å². The average molecular weight is 431 g/mol. The minimum absolute atomic E-state index is 0.322. The zero-order valence-corrected chi connectivity index (χ0v) is 19.9. The lowest BCUT2D eigenvalue weighted by molar-refractivity contribution is 0.475. The first-order chi connectivity index (χ1) is 15.6. The highest BCUT2D eigenvalue weighted by molar-refractivity contribution is 5.62. The van der Waals surface area contributed by atoms with Crippen LogP contribution in [0.5, 0.6) is 11.5 Å². The van der Waals surface area contributed by atoms with Gasteiger partial charge in [-0.2, -0.15) is 0 Å². The summed E-state index contributed by atoms with van der Waals surface area (Å²) in [7, 11) is 0. The largest absolute Gasteiger partial charge is 0.508 e. The van der Waals surface area contributed by atoms with E-state index in [-0.39, 0.29) is 0 Å².